The number of rotatable bonds is 6. The lowest BCUT2D eigenvalue weighted by Crippen LogP contribution is -2.40. The fourth-order valence-corrected chi connectivity index (χ4v) is 5.39. The first-order valence-corrected chi connectivity index (χ1v) is 10.1. The molecule has 4 rings (SSSR count). The third-order valence-electron chi connectivity index (χ3n) is 6.87. The van der Waals surface area contributed by atoms with Gasteiger partial charge in [0.05, 0.1) is 11.8 Å². The maximum Gasteiger partial charge on any atom is 0.233 e. The number of hydrogen-bond donors (Lipinski definition) is 2. The zero-order chi connectivity index (χ0) is 18.3. The molecule has 3 fully saturated rings. The lowest BCUT2D eigenvalue weighted by atomic mass is 9.85. The van der Waals surface area contributed by atoms with Gasteiger partial charge in [0.1, 0.15) is 0 Å². The number of fused-ring (bicyclic) bond motifs is 5. The van der Waals surface area contributed by atoms with Crippen molar-refractivity contribution in [1.29, 1.82) is 0 Å². The van der Waals surface area contributed by atoms with E-state index in [0.717, 1.165) is 19.5 Å². The molecule has 142 valence electrons. The van der Waals surface area contributed by atoms with Gasteiger partial charge < -0.3 is 10.6 Å². The maximum atomic E-state index is 12.6. The number of carbonyl (C=O) groups is 3. The number of piperidine rings is 1. The predicted molar refractivity (Wildman–Crippen MR) is 96.8 cm³/mol. The molecule has 2 N–H and O–H groups in total. The van der Waals surface area contributed by atoms with E-state index in [1.54, 1.807) is 0 Å². The van der Waals surface area contributed by atoms with Crippen molar-refractivity contribution in [3.05, 3.63) is 12.2 Å². The summed E-state index contributed by atoms with van der Waals surface area (Å²) in [6, 6.07) is 0. The lowest BCUT2D eigenvalue weighted by molar-refractivity contribution is -0.141. The van der Waals surface area contributed by atoms with Crippen LogP contribution in [-0.4, -0.2) is 48.8 Å². The minimum atomic E-state index is -0.146. The second kappa shape index (κ2) is 7.14. The van der Waals surface area contributed by atoms with E-state index in [4.69, 9.17) is 0 Å². The summed E-state index contributed by atoms with van der Waals surface area (Å²) in [5.74, 6) is 1.04. The predicted octanol–water partition coefficient (Wildman–Crippen LogP) is 0.936. The molecular formula is C20H29N3O3. The second-order valence-corrected chi connectivity index (χ2v) is 8.47. The van der Waals surface area contributed by atoms with Crippen molar-refractivity contribution in [2.75, 3.05) is 26.2 Å². The van der Waals surface area contributed by atoms with Crippen molar-refractivity contribution in [2.24, 2.45) is 35.5 Å². The molecule has 3 amide bonds. The fourth-order valence-electron chi connectivity index (χ4n) is 5.39. The van der Waals surface area contributed by atoms with Gasteiger partial charge in [-0.05, 0) is 56.0 Å². The van der Waals surface area contributed by atoms with Gasteiger partial charge in [-0.1, -0.05) is 19.1 Å². The van der Waals surface area contributed by atoms with Crippen molar-refractivity contribution in [2.45, 2.75) is 32.6 Å². The summed E-state index contributed by atoms with van der Waals surface area (Å²) in [5, 5.41) is 6.30. The Kier molecular flexibility index (Phi) is 4.86. The molecule has 2 heterocycles. The van der Waals surface area contributed by atoms with E-state index in [1.165, 1.54) is 17.7 Å². The molecule has 0 spiro atoms. The van der Waals surface area contributed by atoms with Gasteiger partial charge >= 0.3 is 0 Å². The van der Waals surface area contributed by atoms with E-state index in [1.807, 2.05) is 0 Å². The number of likely N-dealkylation sites (tertiary alicyclic amines) is 1. The Morgan fingerprint density at radius 2 is 1.96 bits per heavy atom. The van der Waals surface area contributed by atoms with Crippen molar-refractivity contribution in [3.63, 3.8) is 0 Å². The van der Waals surface area contributed by atoms with Crippen molar-refractivity contribution in [1.82, 2.24) is 15.5 Å². The molecular weight excluding hydrogens is 330 g/mol. The molecule has 0 radical (unpaired) electrons. The molecule has 1 saturated carbocycles. The largest absolute Gasteiger partial charge is 0.354 e. The van der Waals surface area contributed by atoms with E-state index in [0.29, 0.717) is 31.3 Å². The molecule has 26 heavy (non-hydrogen) atoms. The van der Waals surface area contributed by atoms with Gasteiger partial charge in [0, 0.05) is 19.5 Å². The number of hydrogen-bond acceptors (Lipinski definition) is 4. The maximum absolute atomic E-state index is 12.6. The van der Waals surface area contributed by atoms with E-state index in [9.17, 15) is 14.4 Å². The average Bonchev–Trinajstić information content (AvgIpc) is 3.32. The highest BCUT2D eigenvalue weighted by molar-refractivity contribution is 6.06. The van der Waals surface area contributed by atoms with E-state index in [2.05, 4.69) is 29.7 Å². The van der Waals surface area contributed by atoms with Crippen molar-refractivity contribution in [3.8, 4) is 0 Å². The first-order chi connectivity index (χ1) is 12.6. The Morgan fingerprint density at radius 1 is 1.27 bits per heavy atom. The van der Waals surface area contributed by atoms with Crippen LogP contribution >= 0.6 is 0 Å². The summed E-state index contributed by atoms with van der Waals surface area (Å²) in [7, 11) is 0. The van der Waals surface area contributed by atoms with Crippen LogP contribution in [0.4, 0.5) is 0 Å². The van der Waals surface area contributed by atoms with Crippen LogP contribution in [0.5, 0.6) is 0 Å². The van der Waals surface area contributed by atoms with Crippen LogP contribution in [0.2, 0.25) is 0 Å². The van der Waals surface area contributed by atoms with Gasteiger partial charge in [-0.2, -0.15) is 0 Å². The summed E-state index contributed by atoms with van der Waals surface area (Å²) in [4.78, 5) is 38.8. The summed E-state index contributed by atoms with van der Waals surface area (Å²) in [5.41, 5.74) is 0. The smallest absolute Gasteiger partial charge is 0.233 e. The molecule has 6 nitrogen and oxygen atoms in total. The molecule has 2 aliphatic heterocycles. The number of carbonyl (C=O) groups excluding carboxylic acids is 3. The molecule has 2 aliphatic carbocycles. The molecule has 6 unspecified atom stereocenters. The average molecular weight is 359 g/mol. The number of nitrogens with one attached hydrogen (secondary N) is 2. The van der Waals surface area contributed by atoms with Gasteiger partial charge in [0.15, 0.2) is 0 Å². The first-order valence-electron chi connectivity index (χ1n) is 10.1. The Balaban J connectivity index is 1.23. The molecule has 4 aliphatic rings. The topological polar surface area (TPSA) is 78.5 Å². The highest BCUT2D eigenvalue weighted by atomic mass is 16.2. The zero-order valence-corrected chi connectivity index (χ0v) is 15.4. The Hall–Kier alpha value is -1.69. The summed E-state index contributed by atoms with van der Waals surface area (Å²) >= 11 is 0. The SMILES string of the molecule is CC(CC(=O)NCCN1C(=O)C2C3C=CC(C3)C2C1=O)C1CCCNC1. The van der Waals surface area contributed by atoms with Crippen LogP contribution < -0.4 is 10.6 Å². The van der Waals surface area contributed by atoms with Gasteiger partial charge in [0.2, 0.25) is 17.7 Å². The molecule has 0 aromatic heterocycles. The van der Waals surface area contributed by atoms with Crippen molar-refractivity contribution >= 4 is 17.7 Å². The number of imide groups is 1. The Bertz CT molecular complexity index is 596. The molecule has 2 bridgehead atoms. The monoisotopic (exact) mass is 359 g/mol. The molecule has 0 aromatic carbocycles. The van der Waals surface area contributed by atoms with Crippen LogP contribution in [-0.2, 0) is 14.4 Å². The standard InChI is InChI=1S/C20H29N3O3/c1-12(15-3-2-6-21-11-15)9-16(24)22-7-8-23-19(25)17-13-4-5-14(10-13)18(17)20(23)26/h4-5,12-15,17-18,21H,2-3,6-11H2,1H3,(H,22,24). The van der Waals surface area contributed by atoms with Gasteiger partial charge in [-0.15, -0.1) is 0 Å². The summed E-state index contributed by atoms with van der Waals surface area (Å²) < 4.78 is 0. The van der Waals surface area contributed by atoms with Gasteiger partial charge in [0.25, 0.3) is 0 Å². The Labute approximate surface area is 154 Å². The van der Waals surface area contributed by atoms with Gasteiger partial charge in [-0.25, -0.2) is 0 Å². The van der Waals surface area contributed by atoms with Crippen LogP contribution in [0, 0.1) is 35.5 Å². The second-order valence-electron chi connectivity index (χ2n) is 8.47. The molecule has 0 aromatic rings. The van der Waals surface area contributed by atoms with Crippen LogP contribution in [0.25, 0.3) is 0 Å². The fraction of sp³-hybridized carbons (Fsp3) is 0.750. The first kappa shape index (κ1) is 17.7. The van der Waals surface area contributed by atoms with E-state index in [-0.39, 0.29) is 41.4 Å². The van der Waals surface area contributed by atoms with Crippen LogP contribution in [0.15, 0.2) is 12.2 Å². The van der Waals surface area contributed by atoms with Crippen LogP contribution in [0.1, 0.15) is 32.6 Å². The number of allylic oxidation sites excluding steroid dienone is 2. The Morgan fingerprint density at radius 3 is 2.58 bits per heavy atom. The normalized spacial score (nSPS) is 36.5. The number of nitrogens with zero attached hydrogens (tertiary/aromatic N) is 1. The highest BCUT2D eigenvalue weighted by Crippen LogP contribution is 2.52. The summed E-state index contributed by atoms with van der Waals surface area (Å²) in [6.07, 6.45) is 8.01. The van der Waals surface area contributed by atoms with Crippen LogP contribution in [0.3, 0.4) is 0 Å². The summed E-state index contributed by atoms with van der Waals surface area (Å²) in [6.45, 7) is 4.86. The van der Waals surface area contributed by atoms with E-state index < -0.39 is 0 Å². The quantitative estimate of drug-likeness (QED) is 0.546. The number of amides is 3. The lowest BCUT2D eigenvalue weighted by Gasteiger charge is -2.28. The third-order valence-corrected chi connectivity index (χ3v) is 6.87. The van der Waals surface area contributed by atoms with E-state index >= 15 is 0 Å². The molecule has 6 heteroatoms. The molecule has 6 atom stereocenters. The van der Waals surface area contributed by atoms with Crippen molar-refractivity contribution < 1.29 is 14.4 Å². The van der Waals surface area contributed by atoms with Gasteiger partial charge in [-0.3, -0.25) is 19.3 Å². The zero-order valence-electron chi connectivity index (χ0n) is 15.4. The minimum absolute atomic E-state index is 0.0177. The highest BCUT2D eigenvalue weighted by Gasteiger charge is 2.58. The molecule has 2 saturated heterocycles. The minimum Gasteiger partial charge on any atom is -0.354 e. The third kappa shape index (κ3) is 3.08.